The molecule has 0 bridgehead atoms. The summed E-state index contributed by atoms with van der Waals surface area (Å²) in [5, 5.41) is 0. The molecule has 4 rings (SSSR count). The molecule has 2 amide bonds. The number of nitrogens with zero attached hydrogens (tertiary/aromatic N) is 2. The van der Waals surface area contributed by atoms with Crippen molar-refractivity contribution in [2.75, 3.05) is 25.0 Å². The molecule has 35 heavy (non-hydrogen) atoms. The number of hydrogen-bond donors (Lipinski definition) is 0. The van der Waals surface area contributed by atoms with Gasteiger partial charge in [-0.05, 0) is 72.2 Å². The largest absolute Gasteiger partial charge is 0.324 e. The first kappa shape index (κ1) is 24.0. The highest BCUT2D eigenvalue weighted by Crippen LogP contribution is 2.25. The first-order chi connectivity index (χ1) is 16.7. The Hall–Kier alpha value is -4.13. The number of aryl methyl sites for hydroxylation is 1. The zero-order chi connectivity index (χ0) is 25.1. The summed E-state index contributed by atoms with van der Waals surface area (Å²) in [5.41, 5.74) is 2.60. The van der Waals surface area contributed by atoms with E-state index in [4.69, 9.17) is 0 Å². The summed E-state index contributed by atoms with van der Waals surface area (Å²) >= 11 is 0. The van der Waals surface area contributed by atoms with Crippen molar-refractivity contribution in [1.29, 1.82) is 0 Å². The van der Waals surface area contributed by atoms with Gasteiger partial charge in [0.05, 0.1) is 13.1 Å². The molecule has 1 fully saturated rings. The molecule has 0 spiro atoms. The Labute approximate surface area is 201 Å². The fourth-order valence-corrected chi connectivity index (χ4v) is 3.91. The van der Waals surface area contributed by atoms with Gasteiger partial charge in [0.2, 0.25) is 0 Å². The molecule has 0 aliphatic carbocycles. The number of hydrogen-bond acceptors (Lipinski definition) is 2. The number of Topliss-reactive ketones (excluding diaryl/α,β-unsaturated/α-hetero) is 1. The van der Waals surface area contributed by atoms with E-state index in [1.54, 1.807) is 44.3 Å². The first-order valence-corrected chi connectivity index (χ1v) is 11.0. The molecule has 0 aromatic heterocycles. The third kappa shape index (κ3) is 5.35. The Morgan fingerprint density at radius 3 is 1.97 bits per heavy atom. The average Bonchev–Trinajstić information content (AvgIpc) is 2.85. The minimum Gasteiger partial charge on any atom is -0.315 e. The molecule has 0 N–H and O–H groups in total. The molecular weight excluding hydrogens is 453 g/mol. The van der Waals surface area contributed by atoms with E-state index in [0.717, 1.165) is 12.1 Å². The summed E-state index contributed by atoms with van der Waals surface area (Å²) in [5.74, 6) is -2.70. The van der Waals surface area contributed by atoms with Crippen LogP contribution in [0.2, 0.25) is 0 Å². The van der Waals surface area contributed by atoms with Gasteiger partial charge in [-0.15, -0.1) is 0 Å². The van der Waals surface area contributed by atoms with Gasteiger partial charge < -0.3 is 4.90 Å². The van der Waals surface area contributed by atoms with Crippen molar-refractivity contribution in [3.8, 4) is 0 Å². The molecule has 0 atom stereocenters. The van der Waals surface area contributed by atoms with Crippen LogP contribution in [-0.4, -0.2) is 36.9 Å². The lowest BCUT2D eigenvalue weighted by Crippen LogP contribution is -2.47. The Morgan fingerprint density at radius 2 is 1.40 bits per heavy atom. The zero-order valence-corrected chi connectivity index (χ0v) is 19.3. The van der Waals surface area contributed by atoms with Gasteiger partial charge >= 0.3 is 6.03 Å². The molecule has 0 unspecified atom stereocenters. The van der Waals surface area contributed by atoms with Crippen LogP contribution in [0.25, 0.3) is 12.2 Å². The molecule has 1 aliphatic heterocycles. The molecule has 0 saturated carbocycles. The second kappa shape index (κ2) is 10.0. The van der Waals surface area contributed by atoms with E-state index in [-0.39, 0.29) is 36.3 Å². The number of para-hydroxylation sites is 1. The van der Waals surface area contributed by atoms with E-state index in [9.17, 15) is 22.8 Å². The van der Waals surface area contributed by atoms with Crippen molar-refractivity contribution in [2.45, 2.75) is 6.92 Å². The molecule has 1 saturated heterocycles. The molecule has 3 aromatic rings. The maximum atomic E-state index is 13.8. The third-order valence-electron chi connectivity index (χ3n) is 5.81. The second-order valence-electron chi connectivity index (χ2n) is 8.38. The van der Waals surface area contributed by atoms with Gasteiger partial charge in [0, 0.05) is 23.9 Å². The van der Waals surface area contributed by atoms with Gasteiger partial charge in [-0.1, -0.05) is 30.3 Å². The number of piperidine rings is 1. The number of carbonyl (C=O) groups excluding carboxylic acids is 2. The van der Waals surface area contributed by atoms with Crippen LogP contribution in [0.1, 0.15) is 16.7 Å². The van der Waals surface area contributed by atoms with Crippen LogP contribution in [0.3, 0.4) is 0 Å². The van der Waals surface area contributed by atoms with E-state index in [2.05, 4.69) is 0 Å². The van der Waals surface area contributed by atoms with Gasteiger partial charge in [0.25, 0.3) is 0 Å². The summed E-state index contributed by atoms with van der Waals surface area (Å²) in [6.45, 7) is 1.66. The number of likely N-dealkylation sites (tertiary alicyclic amines) is 1. The van der Waals surface area contributed by atoms with Crippen molar-refractivity contribution in [2.24, 2.45) is 0 Å². The normalized spacial score (nSPS) is 16.1. The fraction of sp³-hybridized carbons (Fsp3) is 0.143. The van der Waals surface area contributed by atoms with Crippen molar-refractivity contribution in [1.82, 2.24) is 4.90 Å². The Balaban J connectivity index is 1.73. The number of anilines is 1. The summed E-state index contributed by atoms with van der Waals surface area (Å²) in [4.78, 5) is 29.6. The van der Waals surface area contributed by atoms with Crippen molar-refractivity contribution in [3.63, 3.8) is 0 Å². The molecule has 178 valence electrons. The van der Waals surface area contributed by atoms with Crippen LogP contribution >= 0.6 is 0 Å². The van der Waals surface area contributed by atoms with Gasteiger partial charge in [-0.3, -0.25) is 9.69 Å². The van der Waals surface area contributed by atoms with Crippen LogP contribution in [-0.2, 0) is 4.79 Å². The Bertz CT molecular complexity index is 1280. The predicted octanol–water partition coefficient (Wildman–Crippen LogP) is 6.02. The predicted molar refractivity (Wildman–Crippen MR) is 130 cm³/mol. The second-order valence-corrected chi connectivity index (χ2v) is 8.38. The highest BCUT2D eigenvalue weighted by Gasteiger charge is 2.31. The van der Waals surface area contributed by atoms with Crippen LogP contribution in [0.5, 0.6) is 0 Å². The van der Waals surface area contributed by atoms with Crippen molar-refractivity contribution < 1.29 is 22.8 Å². The molecule has 7 heteroatoms. The van der Waals surface area contributed by atoms with Crippen molar-refractivity contribution >= 4 is 29.7 Å². The summed E-state index contributed by atoms with van der Waals surface area (Å²) in [7, 11) is 1.64. The molecule has 1 heterocycles. The Kier molecular flexibility index (Phi) is 6.87. The van der Waals surface area contributed by atoms with Gasteiger partial charge in [0.1, 0.15) is 5.82 Å². The maximum absolute atomic E-state index is 13.8. The highest BCUT2D eigenvalue weighted by molar-refractivity contribution is 6.15. The minimum absolute atomic E-state index is 0.00633. The van der Waals surface area contributed by atoms with Gasteiger partial charge in [-0.25, -0.2) is 18.0 Å². The number of urea groups is 1. The van der Waals surface area contributed by atoms with E-state index in [1.807, 2.05) is 18.2 Å². The fourth-order valence-electron chi connectivity index (χ4n) is 3.91. The van der Waals surface area contributed by atoms with E-state index in [1.165, 1.54) is 28.0 Å². The first-order valence-electron chi connectivity index (χ1n) is 11.0. The smallest absolute Gasteiger partial charge is 0.315 e. The monoisotopic (exact) mass is 476 g/mol. The molecule has 1 aliphatic rings. The summed E-state index contributed by atoms with van der Waals surface area (Å²) < 4.78 is 40.9. The standard InChI is InChI=1S/C28H23F3N2O2/c1-18-12-19(8-10-24(18)29)13-21-16-33(28(35)32(2)23-6-4-3-5-7-23)17-22(27(21)34)14-20-9-11-25(30)26(31)15-20/h3-15H,16-17H2,1-2H3/b21-13+,22-14+. The number of halogens is 3. The van der Waals surface area contributed by atoms with E-state index in [0.29, 0.717) is 28.0 Å². The molecular formula is C28H23F3N2O2. The number of amides is 2. The summed E-state index contributed by atoms with van der Waals surface area (Å²) in [6, 6.07) is 16.6. The average molecular weight is 476 g/mol. The topological polar surface area (TPSA) is 40.6 Å². The number of rotatable bonds is 3. The summed E-state index contributed by atoms with van der Waals surface area (Å²) in [6.07, 6.45) is 3.08. The van der Waals surface area contributed by atoms with E-state index < -0.39 is 11.6 Å². The van der Waals surface area contributed by atoms with Crippen LogP contribution < -0.4 is 4.90 Å². The number of carbonyl (C=O) groups is 2. The Morgan fingerprint density at radius 1 is 0.829 bits per heavy atom. The molecule has 4 nitrogen and oxygen atoms in total. The quantitative estimate of drug-likeness (QED) is 0.434. The minimum atomic E-state index is -1.03. The van der Waals surface area contributed by atoms with Crippen molar-refractivity contribution in [3.05, 3.63) is 112 Å². The lowest BCUT2D eigenvalue weighted by molar-refractivity contribution is -0.113. The molecule has 0 radical (unpaired) electrons. The third-order valence-corrected chi connectivity index (χ3v) is 5.81. The van der Waals surface area contributed by atoms with Crippen LogP contribution in [0.4, 0.5) is 23.7 Å². The number of benzene rings is 3. The zero-order valence-electron chi connectivity index (χ0n) is 19.3. The molecule has 3 aromatic carbocycles. The maximum Gasteiger partial charge on any atom is 0.324 e. The lowest BCUT2D eigenvalue weighted by Gasteiger charge is -2.33. The van der Waals surface area contributed by atoms with Gasteiger partial charge in [0.15, 0.2) is 17.4 Å². The SMILES string of the molecule is Cc1cc(/C=C2\CN(C(=O)N(C)c3ccccc3)C/C(=C\c3ccc(F)c(F)c3)C2=O)ccc1F. The van der Waals surface area contributed by atoms with Gasteiger partial charge in [-0.2, -0.15) is 0 Å². The van der Waals surface area contributed by atoms with Crippen LogP contribution in [0.15, 0.2) is 77.9 Å². The lowest BCUT2D eigenvalue weighted by atomic mass is 9.94. The van der Waals surface area contributed by atoms with E-state index >= 15 is 0 Å². The highest BCUT2D eigenvalue weighted by atomic mass is 19.2. The number of ketones is 1. The van der Waals surface area contributed by atoms with Crippen LogP contribution in [0, 0.1) is 24.4 Å².